The number of aryl methyl sites for hydroxylation is 1. The molecule has 1 aromatic rings. The zero-order chi connectivity index (χ0) is 18.7. The fraction of sp³-hybridized carbons (Fsp3) is 0.524. The Morgan fingerprint density at radius 3 is 2.85 bits per heavy atom. The van der Waals surface area contributed by atoms with Crippen molar-refractivity contribution in [1.29, 1.82) is 0 Å². The highest BCUT2D eigenvalue weighted by molar-refractivity contribution is 6.02. The number of fused-ring (bicyclic) bond motifs is 1. The lowest BCUT2D eigenvalue weighted by atomic mass is 9.94. The fourth-order valence-corrected chi connectivity index (χ4v) is 4.14. The Labute approximate surface area is 155 Å². The third-order valence-corrected chi connectivity index (χ3v) is 5.39. The van der Waals surface area contributed by atoms with Gasteiger partial charge in [-0.1, -0.05) is 6.58 Å². The van der Waals surface area contributed by atoms with Crippen molar-refractivity contribution in [3.05, 3.63) is 42.0 Å². The molecule has 2 unspecified atom stereocenters. The molecule has 2 atom stereocenters. The number of rotatable bonds is 4. The molecule has 2 aliphatic heterocycles. The second kappa shape index (κ2) is 8.04. The maximum Gasteiger partial charge on any atom is 0.254 e. The molecule has 0 aromatic heterocycles. The highest BCUT2D eigenvalue weighted by Crippen LogP contribution is 2.30. The number of carbonyl (C=O) groups excluding carboxylic acids is 2. The molecular weight excluding hydrogens is 328 g/mol. The maximum atomic E-state index is 13.1. The Kier molecular flexibility index (Phi) is 5.77. The molecule has 3 rings (SSSR count). The van der Waals surface area contributed by atoms with Crippen LogP contribution in [0.2, 0.25) is 0 Å². The number of hydrogen-bond donors (Lipinski definition) is 1. The van der Waals surface area contributed by atoms with E-state index in [1.807, 2.05) is 23.1 Å². The molecular formula is C21H28N2O3. The van der Waals surface area contributed by atoms with Crippen molar-refractivity contribution in [3.63, 3.8) is 0 Å². The molecule has 1 aromatic carbocycles. The first-order chi connectivity index (χ1) is 12.5. The Balaban J connectivity index is 1.84. The summed E-state index contributed by atoms with van der Waals surface area (Å²) in [6.07, 6.45) is 6.37. The summed E-state index contributed by atoms with van der Waals surface area (Å²) in [4.78, 5) is 28.8. The lowest BCUT2D eigenvalue weighted by molar-refractivity contribution is -0.114. The third kappa shape index (κ3) is 3.83. The van der Waals surface area contributed by atoms with E-state index in [9.17, 15) is 14.7 Å². The van der Waals surface area contributed by atoms with Crippen molar-refractivity contribution in [3.8, 4) is 0 Å². The van der Waals surface area contributed by atoms with Crippen LogP contribution < -0.4 is 4.90 Å². The lowest BCUT2D eigenvalue weighted by Crippen LogP contribution is -2.45. The number of anilines is 1. The van der Waals surface area contributed by atoms with Crippen LogP contribution in [-0.4, -0.2) is 47.1 Å². The van der Waals surface area contributed by atoms with Crippen LogP contribution in [0.5, 0.6) is 0 Å². The standard InChI is InChI=1S/C21H28N2O3/c1-3-20(25)23-12-6-7-16-14-17(9-10-19(16)23)21(26)22-11-5-4-8-18(22)13-15(2)24/h3,9-10,14-15,18,24H,1,4-8,11-13H2,2H3. The molecule has 2 amide bonds. The van der Waals surface area contributed by atoms with Gasteiger partial charge in [-0.05, 0) is 75.3 Å². The van der Waals surface area contributed by atoms with E-state index in [4.69, 9.17) is 0 Å². The van der Waals surface area contributed by atoms with Crippen molar-refractivity contribution < 1.29 is 14.7 Å². The molecule has 2 aliphatic rings. The number of hydrogen-bond acceptors (Lipinski definition) is 3. The van der Waals surface area contributed by atoms with Crippen molar-refractivity contribution in [2.24, 2.45) is 0 Å². The molecule has 0 radical (unpaired) electrons. The van der Waals surface area contributed by atoms with Gasteiger partial charge in [0.2, 0.25) is 5.91 Å². The molecule has 0 bridgehead atoms. The predicted octanol–water partition coefficient (Wildman–Crippen LogP) is 2.92. The van der Waals surface area contributed by atoms with Gasteiger partial charge in [0.1, 0.15) is 0 Å². The van der Waals surface area contributed by atoms with E-state index in [1.165, 1.54) is 6.08 Å². The second-order valence-corrected chi connectivity index (χ2v) is 7.37. The Morgan fingerprint density at radius 2 is 2.12 bits per heavy atom. The first-order valence-electron chi connectivity index (χ1n) is 9.57. The number of likely N-dealkylation sites (tertiary alicyclic amines) is 1. The summed E-state index contributed by atoms with van der Waals surface area (Å²) in [6, 6.07) is 5.75. The number of piperidine rings is 1. The van der Waals surface area contributed by atoms with Gasteiger partial charge in [-0.2, -0.15) is 0 Å². The third-order valence-electron chi connectivity index (χ3n) is 5.39. The number of amides is 2. The molecule has 5 nitrogen and oxygen atoms in total. The van der Waals surface area contributed by atoms with Gasteiger partial charge in [0, 0.05) is 30.4 Å². The quantitative estimate of drug-likeness (QED) is 0.844. The highest BCUT2D eigenvalue weighted by Gasteiger charge is 2.29. The SMILES string of the molecule is C=CC(=O)N1CCCc2cc(C(=O)N3CCCCC3CC(C)O)ccc21. The number of benzene rings is 1. The largest absolute Gasteiger partial charge is 0.393 e. The topological polar surface area (TPSA) is 60.9 Å². The van der Waals surface area contributed by atoms with Gasteiger partial charge in [-0.3, -0.25) is 9.59 Å². The van der Waals surface area contributed by atoms with Gasteiger partial charge in [-0.25, -0.2) is 0 Å². The van der Waals surface area contributed by atoms with Crippen molar-refractivity contribution in [2.75, 3.05) is 18.0 Å². The molecule has 1 fully saturated rings. The van der Waals surface area contributed by atoms with E-state index in [0.717, 1.165) is 49.9 Å². The zero-order valence-corrected chi connectivity index (χ0v) is 15.5. The smallest absolute Gasteiger partial charge is 0.254 e. The normalized spacial score (nSPS) is 21.1. The first kappa shape index (κ1) is 18.6. The fourth-order valence-electron chi connectivity index (χ4n) is 4.14. The molecule has 5 heteroatoms. The van der Waals surface area contributed by atoms with Crippen LogP contribution in [-0.2, 0) is 11.2 Å². The summed E-state index contributed by atoms with van der Waals surface area (Å²) in [6.45, 7) is 6.79. The van der Waals surface area contributed by atoms with E-state index in [0.29, 0.717) is 18.5 Å². The van der Waals surface area contributed by atoms with Crippen LogP contribution in [0, 0.1) is 0 Å². The molecule has 0 saturated carbocycles. The summed E-state index contributed by atoms with van der Waals surface area (Å²) >= 11 is 0. The second-order valence-electron chi connectivity index (χ2n) is 7.37. The van der Waals surface area contributed by atoms with Crippen molar-refractivity contribution in [2.45, 2.75) is 57.6 Å². The molecule has 1 saturated heterocycles. The van der Waals surface area contributed by atoms with Crippen LogP contribution in [0.3, 0.4) is 0 Å². The molecule has 2 heterocycles. The van der Waals surface area contributed by atoms with Gasteiger partial charge in [-0.15, -0.1) is 0 Å². The predicted molar refractivity (Wildman–Crippen MR) is 102 cm³/mol. The Hall–Kier alpha value is -2.14. The highest BCUT2D eigenvalue weighted by atomic mass is 16.3. The molecule has 26 heavy (non-hydrogen) atoms. The minimum atomic E-state index is -0.407. The van der Waals surface area contributed by atoms with Gasteiger partial charge in [0.15, 0.2) is 0 Å². The number of aliphatic hydroxyl groups excluding tert-OH is 1. The van der Waals surface area contributed by atoms with Crippen molar-refractivity contribution in [1.82, 2.24) is 4.90 Å². The minimum Gasteiger partial charge on any atom is -0.393 e. The van der Waals surface area contributed by atoms with Gasteiger partial charge in [0.25, 0.3) is 5.91 Å². The van der Waals surface area contributed by atoms with Gasteiger partial charge < -0.3 is 14.9 Å². The monoisotopic (exact) mass is 356 g/mol. The molecule has 140 valence electrons. The zero-order valence-electron chi connectivity index (χ0n) is 15.5. The van der Waals surface area contributed by atoms with Crippen LogP contribution in [0.1, 0.15) is 54.9 Å². The number of carbonyl (C=O) groups is 2. The lowest BCUT2D eigenvalue weighted by Gasteiger charge is -2.37. The summed E-state index contributed by atoms with van der Waals surface area (Å²) in [5, 5.41) is 9.75. The van der Waals surface area contributed by atoms with Crippen LogP contribution in [0.15, 0.2) is 30.9 Å². The van der Waals surface area contributed by atoms with Crippen LogP contribution in [0.4, 0.5) is 5.69 Å². The summed E-state index contributed by atoms with van der Waals surface area (Å²) in [5.41, 5.74) is 2.60. The van der Waals surface area contributed by atoms with E-state index in [2.05, 4.69) is 6.58 Å². The number of nitrogens with zero attached hydrogens (tertiary/aromatic N) is 2. The molecule has 0 aliphatic carbocycles. The Morgan fingerprint density at radius 1 is 1.31 bits per heavy atom. The van der Waals surface area contributed by atoms with E-state index in [-0.39, 0.29) is 17.9 Å². The minimum absolute atomic E-state index is 0.0327. The summed E-state index contributed by atoms with van der Waals surface area (Å²) < 4.78 is 0. The van der Waals surface area contributed by atoms with Crippen molar-refractivity contribution >= 4 is 17.5 Å². The summed E-state index contributed by atoms with van der Waals surface area (Å²) in [5.74, 6) is -0.0663. The maximum absolute atomic E-state index is 13.1. The van der Waals surface area contributed by atoms with E-state index >= 15 is 0 Å². The van der Waals surface area contributed by atoms with E-state index in [1.54, 1.807) is 11.8 Å². The van der Waals surface area contributed by atoms with E-state index < -0.39 is 6.10 Å². The Bertz CT molecular complexity index is 698. The van der Waals surface area contributed by atoms with Gasteiger partial charge >= 0.3 is 0 Å². The average molecular weight is 356 g/mol. The molecule has 1 N–H and O–H groups in total. The van der Waals surface area contributed by atoms with Crippen LogP contribution in [0.25, 0.3) is 0 Å². The molecule has 0 spiro atoms. The van der Waals surface area contributed by atoms with Crippen LogP contribution >= 0.6 is 0 Å². The first-order valence-corrected chi connectivity index (χ1v) is 9.57. The average Bonchev–Trinajstić information content (AvgIpc) is 2.66. The van der Waals surface area contributed by atoms with Gasteiger partial charge in [0.05, 0.1) is 6.10 Å². The number of aliphatic hydroxyl groups is 1. The summed E-state index contributed by atoms with van der Waals surface area (Å²) in [7, 11) is 0.